The molecule has 3 N–H and O–H groups in total. The summed E-state index contributed by atoms with van der Waals surface area (Å²) in [7, 11) is 0. The van der Waals surface area contributed by atoms with E-state index in [4.69, 9.17) is 5.73 Å². The predicted molar refractivity (Wildman–Crippen MR) is 73.0 cm³/mol. The SMILES string of the molecule is Cc1cc(NC2CC(C)CC(C)C2)ncc1N. The van der Waals surface area contributed by atoms with Gasteiger partial charge in [-0.25, -0.2) is 4.98 Å². The van der Waals surface area contributed by atoms with E-state index in [0.717, 1.165) is 28.9 Å². The summed E-state index contributed by atoms with van der Waals surface area (Å²) >= 11 is 0. The largest absolute Gasteiger partial charge is 0.397 e. The number of aryl methyl sites for hydroxylation is 1. The van der Waals surface area contributed by atoms with Crippen molar-refractivity contribution in [3.8, 4) is 0 Å². The standard InChI is InChI=1S/C14H23N3/c1-9-4-10(2)6-12(5-9)17-14-7-11(3)13(15)8-16-14/h7-10,12H,4-6,15H2,1-3H3,(H,16,17). The van der Waals surface area contributed by atoms with Crippen LogP contribution in [0.1, 0.15) is 38.7 Å². The molecule has 2 atom stereocenters. The van der Waals surface area contributed by atoms with E-state index in [9.17, 15) is 0 Å². The molecule has 0 bridgehead atoms. The average Bonchev–Trinajstić information content (AvgIpc) is 2.22. The van der Waals surface area contributed by atoms with Gasteiger partial charge in [-0.15, -0.1) is 0 Å². The molecule has 2 rings (SSSR count). The van der Waals surface area contributed by atoms with Gasteiger partial charge >= 0.3 is 0 Å². The zero-order chi connectivity index (χ0) is 12.4. The molecule has 1 aromatic heterocycles. The fraction of sp³-hybridized carbons (Fsp3) is 0.643. The van der Waals surface area contributed by atoms with Crippen molar-refractivity contribution in [2.45, 2.75) is 46.1 Å². The van der Waals surface area contributed by atoms with Crippen molar-refractivity contribution in [2.24, 2.45) is 11.8 Å². The maximum Gasteiger partial charge on any atom is 0.126 e. The molecule has 0 radical (unpaired) electrons. The third-order valence-electron chi connectivity index (χ3n) is 3.68. The smallest absolute Gasteiger partial charge is 0.126 e. The van der Waals surface area contributed by atoms with Crippen LogP contribution < -0.4 is 11.1 Å². The lowest BCUT2D eigenvalue weighted by Gasteiger charge is -2.32. The van der Waals surface area contributed by atoms with E-state index in [-0.39, 0.29) is 0 Å². The van der Waals surface area contributed by atoms with Gasteiger partial charge in [0.05, 0.1) is 11.9 Å². The van der Waals surface area contributed by atoms with E-state index >= 15 is 0 Å². The van der Waals surface area contributed by atoms with Gasteiger partial charge in [0.25, 0.3) is 0 Å². The molecule has 3 heteroatoms. The molecule has 0 aromatic carbocycles. The third kappa shape index (κ3) is 3.11. The highest BCUT2D eigenvalue weighted by atomic mass is 15.0. The van der Waals surface area contributed by atoms with E-state index in [2.05, 4.69) is 24.1 Å². The van der Waals surface area contributed by atoms with Crippen LogP contribution in [0.5, 0.6) is 0 Å². The Hall–Kier alpha value is -1.25. The number of nitrogens with zero attached hydrogens (tertiary/aromatic N) is 1. The van der Waals surface area contributed by atoms with Gasteiger partial charge in [-0.05, 0) is 49.7 Å². The van der Waals surface area contributed by atoms with E-state index in [1.54, 1.807) is 6.20 Å². The summed E-state index contributed by atoms with van der Waals surface area (Å²) < 4.78 is 0. The minimum Gasteiger partial charge on any atom is -0.397 e. The number of hydrogen-bond acceptors (Lipinski definition) is 3. The van der Waals surface area contributed by atoms with Crippen molar-refractivity contribution in [2.75, 3.05) is 11.1 Å². The van der Waals surface area contributed by atoms with Crippen LogP contribution in [0.3, 0.4) is 0 Å². The van der Waals surface area contributed by atoms with Crippen molar-refractivity contribution < 1.29 is 0 Å². The third-order valence-corrected chi connectivity index (χ3v) is 3.68. The Morgan fingerprint density at radius 2 is 1.88 bits per heavy atom. The van der Waals surface area contributed by atoms with Gasteiger partial charge in [0.2, 0.25) is 0 Å². The fourth-order valence-electron chi connectivity index (χ4n) is 2.92. The van der Waals surface area contributed by atoms with Crippen LogP contribution in [0.25, 0.3) is 0 Å². The van der Waals surface area contributed by atoms with Crippen molar-refractivity contribution >= 4 is 11.5 Å². The second-order valence-electron chi connectivity index (χ2n) is 5.68. The van der Waals surface area contributed by atoms with E-state index in [0.29, 0.717) is 6.04 Å². The number of rotatable bonds is 2. The van der Waals surface area contributed by atoms with E-state index < -0.39 is 0 Å². The minimum atomic E-state index is 0.560. The van der Waals surface area contributed by atoms with Gasteiger partial charge in [0, 0.05) is 6.04 Å². The van der Waals surface area contributed by atoms with Crippen LogP contribution in [0.15, 0.2) is 12.3 Å². The van der Waals surface area contributed by atoms with Gasteiger partial charge in [-0.3, -0.25) is 0 Å². The van der Waals surface area contributed by atoms with Crippen molar-refractivity contribution in [3.63, 3.8) is 0 Å². The first-order valence-corrected chi connectivity index (χ1v) is 6.53. The molecular formula is C14H23N3. The Morgan fingerprint density at radius 3 is 2.47 bits per heavy atom. The van der Waals surface area contributed by atoms with Crippen LogP contribution >= 0.6 is 0 Å². The maximum atomic E-state index is 5.78. The van der Waals surface area contributed by atoms with Crippen LogP contribution in [-0.2, 0) is 0 Å². The molecule has 17 heavy (non-hydrogen) atoms. The van der Waals surface area contributed by atoms with Gasteiger partial charge in [-0.1, -0.05) is 13.8 Å². The number of nitrogens with two attached hydrogens (primary N) is 1. The Labute approximate surface area is 104 Å². The van der Waals surface area contributed by atoms with Crippen LogP contribution in [0.4, 0.5) is 11.5 Å². The molecule has 0 amide bonds. The number of aromatic nitrogens is 1. The lowest BCUT2D eigenvalue weighted by Crippen LogP contribution is -2.30. The Kier molecular flexibility index (Phi) is 3.55. The maximum absolute atomic E-state index is 5.78. The summed E-state index contributed by atoms with van der Waals surface area (Å²) in [6.45, 7) is 6.70. The molecule has 1 saturated carbocycles. The highest BCUT2D eigenvalue weighted by molar-refractivity contribution is 5.51. The molecule has 0 spiro atoms. The quantitative estimate of drug-likeness (QED) is 0.824. The van der Waals surface area contributed by atoms with Crippen LogP contribution in [0, 0.1) is 18.8 Å². The molecule has 0 saturated heterocycles. The average molecular weight is 233 g/mol. The summed E-state index contributed by atoms with van der Waals surface area (Å²) in [5, 5.41) is 3.54. The Balaban J connectivity index is 2.02. The Bertz CT molecular complexity index is 379. The second-order valence-corrected chi connectivity index (χ2v) is 5.68. The lowest BCUT2D eigenvalue weighted by molar-refractivity contribution is 0.280. The fourth-order valence-corrected chi connectivity index (χ4v) is 2.92. The van der Waals surface area contributed by atoms with Gasteiger partial charge in [0.15, 0.2) is 0 Å². The molecule has 1 aliphatic rings. The zero-order valence-electron chi connectivity index (χ0n) is 11.0. The van der Waals surface area contributed by atoms with Gasteiger partial charge in [0.1, 0.15) is 5.82 Å². The molecule has 3 nitrogen and oxygen atoms in total. The number of pyridine rings is 1. The Morgan fingerprint density at radius 1 is 1.24 bits per heavy atom. The molecule has 1 fully saturated rings. The molecule has 2 unspecified atom stereocenters. The molecule has 1 heterocycles. The number of nitrogens with one attached hydrogen (secondary N) is 1. The van der Waals surface area contributed by atoms with Gasteiger partial charge in [-0.2, -0.15) is 0 Å². The monoisotopic (exact) mass is 233 g/mol. The summed E-state index contributed by atoms with van der Waals surface area (Å²) in [4.78, 5) is 4.35. The number of hydrogen-bond donors (Lipinski definition) is 2. The zero-order valence-corrected chi connectivity index (χ0v) is 11.0. The molecule has 0 aliphatic heterocycles. The highest BCUT2D eigenvalue weighted by Gasteiger charge is 2.23. The predicted octanol–water partition coefficient (Wildman–Crippen LogP) is 3.21. The van der Waals surface area contributed by atoms with Crippen LogP contribution in [0.2, 0.25) is 0 Å². The van der Waals surface area contributed by atoms with Crippen molar-refractivity contribution in [1.82, 2.24) is 4.98 Å². The summed E-state index contributed by atoms with van der Waals surface area (Å²) in [6.07, 6.45) is 5.59. The van der Waals surface area contributed by atoms with Gasteiger partial charge < -0.3 is 11.1 Å². The molecule has 1 aliphatic carbocycles. The molecular weight excluding hydrogens is 210 g/mol. The highest BCUT2D eigenvalue weighted by Crippen LogP contribution is 2.30. The minimum absolute atomic E-state index is 0.560. The lowest BCUT2D eigenvalue weighted by atomic mass is 9.80. The number of anilines is 2. The normalized spacial score (nSPS) is 29.0. The first kappa shape index (κ1) is 12.2. The molecule has 1 aromatic rings. The topological polar surface area (TPSA) is 50.9 Å². The van der Waals surface area contributed by atoms with E-state index in [1.807, 2.05) is 13.0 Å². The second kappa shape index (κ2) is 4.94. The first-order chi connectivity index (χ1) is 8.04. The first-order valence-electron chi connectivity index (χ1n) is 6.53. The number of nitrogen functional groups attached to an aromatic ring is 1. The molecule has 94 valence electrons. The van der Waals surface area contributed by atoms with Crippen molar-refractivity contribution in [3.05, 3.63) is 17.8 Å². The summed E-state index contributed by atoms with van der Waals surface area (Å²) in [5.41, 5.74) is 7.64. The summed E-state index contributed by atoms with van der Waals surface area (Å²) in [6, 6.07) is 2.60. The van der Waals surface area contributed by atoms with Crippen molar-refractivity contribution in [1.29, 1.82) is 0 Å². The van der Waals surface area contributed by atoms with Crippen LogP contribution in [-0.4, -0.2) is 11.0 Å². The van der Waals surface area contributed by atoms with E-state index in [1.165, 1.54) is 19.3 Å². The summed E-state index contributed by atoms with van der Waals surface area (Å²) in [5.74, 6) is 2.58.